The summed E-state index contributed by atoms with van der Waals surface area (Å²) in [5.41, 5.74) is 0.645. The first-order chi connectivity index (χ1) is 13.3. The Kier molecular flexibility index (Phi) is 5.88. The van der Waals surface area contributed by atoms with Crippen LogP contribution < -0.4 is 5.32 Å². The number of hydrogen-bond acceptors (Lipinski definition) is 6. The van der Waals surface area contributed by atoms with E-state index in [1.807, 2.05) is 5.32 Å². The number of halogens is 3. The van der Waals surface area contributed by atoms with Crippen molar-refractivity contribution in [1.29, 1.82) is 0 Å². The topological polar surface area (TPSA) is 81.4 Å². The zero-order valence-electron chi connectivity index (χ0n) is 14.4. The number of hydrogen-bond donors (Lipinski definition) is 1. The number of para-hydroxylation sites is 2. The third kappa shape index (κ3) is 4.45. The van der Waals surface area contributed by atoms with Gasteiger partial charge >= 0.3 is 5.97 Å². The Balaban J connectivity index is 1.53. The summed E-state index contributed by atoms with van der Waals surface area (Å²) in [4.78, 5) is 28.0. The van der Waals surface area contributed by atoms with Gasteiger partial charge in [0.05, 0.1) is 5.69 Å². The molecule has 0 radical (unpaired) electrons. The van der Waals surface area contributed by atoms with Gasteiger partial charge in [-0.2, -0.15) is 0 Å². The molecule has 1 heterocycles. The third-order valence-electron chi connectivity index (χ3n) is 3.56. The fourth-order valence-electron chi connectivity index (χ4n) is 2.17. The van der Waals surface area contributed by atoms with Crippen molar-refractivity contribution in [3.8, 4) is 0 Å². The van der Waals surface area contributed by atoms with Gasteiger partial charge in [-0.3, -0.25) is 9.59 Å². The molecule has 0 spiro atoms. The zero-order chi connectivity index (χ0) is 20.3. The van der Waals surface area contributed by atoms with Gasteiger partial charge < -0.3 is 14.5 Å². The van der Waals surface area contributed by atoms with Gasteiger partial charge in [0, 0.05) is 0 Å². The number of nitrogens with one attached hydrogen (secondary N) is 1. The van der Waals surface area contributed by atoms with Gasteiger partial charge in [-0.05, 0) is 31.2 Å². The van der Waals surface area contributed by atoms with Crippen LogP contribution in [0.15, 0.2) is 46.0 Å². The van der Waals surface area contributed by atoms with Gasteiger partial charge in [0.1, 0.15) is 11.3 Å². The molecule has 28 heavy (non-hydrogen) atoms. The molecule has 2 aromatic carbocycles. The van der Waals surface area contributed by atoms with Crippen molar-refractivity contribution < 1.29 is 31.9 Å². The van der Waals surface area contributed by atoms with E-state index in [0.717, 1.165) is 17.8 Å². The average molecular weight is 410 g/mol. The number of aromatic nitrogens is 1. The smallest absolute Gasteiger partial charge is 0.317 e. The summed E-state index contributed by atoms with van der Waals surface area (Å²) >= 11 is 0.983. The van der Waals surface area contributed by atoms with Crippen LogP contribution in [0.5, 0.6) is 0 Å². The van der Waals surface area contributed by atoms with Crippen LogP contribution in [0.25, 0.3) is 11.1 Å². The largest absolute Gasteiger partial charge is 0.452 e. The number of carbonyl (C=O) groups is 2. The number of anilines is 1. The second kappa shape index (κ2) is 8.34. The maximum atomic E-state index is 13.6. The zero-order valence-corrected chi connectivity index (χ0v) is 15.2. The molecule has 1 amide bonds. The van der Waals surface area contributed by atoms with Crippen LogP contribution in [0.1, 0.15) is 6.92 Å². The van der Waals surface area contributed by atoms with Crippen molar-refractivity contribution in [2.45, 2.75) is 18.3 Å². The first-order valence-corrected chi connectivity index (χ1v) is 8.96. The minimum absolute atomic E-state index is 0.177. The van der Waals surface area contributed by atoms with Crippen LogP contribution in [-0.2, 0) is 14.3 Å². The molecule has 3 rings (SSSR count). The standard InChI is InChI=1S/C18H13F3N2O4S/c1-9(17(25)22-12-7-6-10(19)15(20)16(12)21)26-14(24)8-28-18-23-11-4-2-3-5-13(11)27-18/h2-7,9H,8H2,1H3,(H,22,25)/t9-/m0/s1. The van der Waals surface area contributed by atoms with Crippen molar-refractivity contribution >= 4 is 40.4 Å². The molecular weight excluding hydrogens is 397 g/mol. The fraction of sp³-hybridized carbons (Fsp3) is 0.167. The summed E-state index contributed by atoms with van der Waals surface area (Å²) in [6.07, 6.45) is -1.29. The SMILES string of the molecule is C[C@H](OC(=O)CSc1nc2ccccc2o1)C(=O)Nc1ccc(F)c(F)c1F. The Morgan fingerprint density at radius 1 is 1.18 bits per heavy atom. The lowest BCUT2D eigenvalue weighted by Crippen LogP contribution is -2.31. The molecule has 0 saturated carbocycles. The van der Waals surface area contributed by atoms with Crippen LogP contribution in [0, 0.1) is 17.5 Å². The number of esters is 1. The van der Waals surface area contributed by atoms with E-state index < -0.39 is 41.1 Å². The average Bonchev–Trinajstić information content (AvgIpc) is 3.09. The molecule has 146 valence electrons. The highest BCUT2D eigenvalue weighted by atomic mass is 32.2. The van der Waals surface area contributed by atoms with Crippen molar-refractivity contribution in [3.63, 3.8) is 0 Å². The van der Waals surface area contributed by atoms with E-state index >= 15 is 0 Å². The summed E-state index contributed by atoms with van der Waals surface area (Å²) < 4.78 is 50.1. The molecular formula is C18H13F3N2O4S. The molecule has 0 fully saturated rings. The van der Waals surface area contributed by atoms with E-state index in [4.69, 9.17) is 9.15 Å². The summed E-state index contributed by atoms with van der Waals surface area (Å²) in [6.45, 7) is 1.26. The van der Waals surface area contributed by atoms with E-state index in [9.17, 15) is 22.8 Å². The predicted octanol–water partition coefficient (Wildman–Crippen LogP) is 3.91. The monoisotopic (exact) mass is 410 g/mol. The minimum Gasteiger partial charge on any atom is -0.452 e. The lowest BCUT2D eigenvalue weighted by molar-refractivity contribution is -0.150. The van der Waals surface area contributed by atoms with Crippen LogP contribution in [-0.4, -0.2) is 28.7 Å². The molecule has 1 N–H and O–H groups in total. The molecule has 0 aliphatic rings. The van der Waals surface area contributed by atoms with Gasteiger partial charge in [0.25, 0.3) is 11.1 Å². The predicted molar refractivity (Wildman–Crippen MR) is 95.2 cm³/mol. The quantitative estimate of drug-likeness (QED) is 0.377. The third-order valence-corrected chi connectivity index (χ3v) is 4.36. The van der Waals surface area contributed by atoms with Crippen molar-refractivity contribution in [1.82, 2.24) is 4.98 Å². The highest BCUT2D eigenvalue weighted by Crippen LogP contribution is 2.23. The van der Waals surface area contributed by atoms with E-state index in [1.54, 1.807) is 24.3 Å². The number of amides is 1. The van der Waals surface area contributed by atoms with Crippen molar-refractivity contribution in [2.75, 3.05) is 11.1 Å². The van der Waals surface area contributed by atoms with Crippen LogP contribution in [0.3, 0.4) is 0 Å². The van der Waals surface area contributed by atoms with Gasteiger partial charge in [-0.15, -0.1) is 0 Å². The Hall–Kier alpha value is -3.01. The number of ether oxygens (including phenoxy) is 1. The minimum atomic E-state index is -1.71. The molecule has 0 saturated heterocycles. The number of oxazole rings is 1. The Morgan fingerprint density at radius 2 is 1.93 bits per heavy atom. The summed E-state index contributed by atoms with van der Waals surface area (Å²) in [5, 5.41) is 2.30. The lowest BCUT2D eigenvalue weighted by atomic mass is 10.2. The number of thioether (sulfide) groups is 1. The number of nitrogens with zero attached hydrogens (tertiary/aromatic N) is 1. The molecule has 3 aromatic rings. The molecule has 0 unspecified atom stereocenters. The number of fused-ring (bicyclic) bond motifs is 1. The van der Waals surface area contributed by atoms with Gasteiger partial charge in [-0.25, -0.2) is 18.2 Å². The molecule has 0 aliphatic heterocycles. The Labute approximate surface area is 161 Å². The van der Waals surface area contributed by atoms with Crippen molar-refractivity contribution in [3.05, 3.63) is 53.8 Å². The normalized spacial score (nSPS) is 12.0. The summed E-state index contributed by atoms with van der Waals surface area (Å²) in [7, 11) is 0. The number of rotatable bonds is 6. The number of benzene rings is 2. The maximum absolute atomic E-state index is 13.6. The van der Waals surface area contributed by atoms with E-state index in [-0.39, 0.29) is 11.0 Å². The second-order valence-electron chi connectivity index (χ2n) is 5.58. The van der Waals surface area contributed by atoms with Crippen LogP contribution >= 0.6 is 11.8 Å². The van der Waals surface area contributed by atoms with E-state index in [0.29, 0.717) is 17.2 Å². The lowest BCUT2D eigenvalue weighted by Gasteiger charge is -2.13. The molecule has 1 aromatic heterocycles. The molecule has 6 nitrogen and oxygen atoms in total. The Bertz CT molecular complexity index is 1010. The fourth-order valence-corrected chi connectivity index (χ4v) is 2.80. The highest BCUT2D eigenvalue weighted by Gasteiger charge is 2.21. The summed E-state index contributed by atoms with van der Waals surface area (Å²) in [5.74, 6) is -6.45. The molecule has 10 heteroatoms. The second-order valence-corrected chi connectivity index (χ2v) is 6.51. The molecule has 0 aliphatic carbocycles. The maximum Gasteiger partial charge on any atom is 0.317 e. The molecule has 1 atom stereocenters. The summed E-state index contributed by atoms with van der Waals surface area (Å²) in [6, 6.07) is 8.60. The van der Waals surface area contributed by atoms with Crippen LogP contribution in [0.2, 0.25) is 0 Å². The molecule has 0 bridgehead atoms. The van der Waals surface area contributed by atoms with E-state index in [2.05, 4.69) is 4.98 Å². The van der Waals surface area contributed by atoms with Gasteiger partial charge in [0.2, 0.25) is 0 Å². The van der Waals surface area contributed by atoms with Gasteiger partial charge in [-0.1, -0.05) is 23.9 Å². The highest BCUT2D eigenvalue weighted by molar-refractivity contribution is 7.99. The van der Waals surface area contributed by atoms with Crippen molar-refractivity contribution in [2.24, 2.45) is 0 Å². The first-order valence-electron chi connectivity index (χ1n) is 7.97. The number of carbonyl (C=O) groups excluding carboxylic acids is 2. The van der Waals surface area contributed by atoms with Crippen LogP contribution in [0.4, 0.5) is 18.9 Å². The van der Waals surface area contributed by atoms with Gasteiger partial charge in [0.15, 0.2) is 29.1 Å². The first kappa shape index (κ1) is 19.7. The Morgan fingerprint density at radius 3 is 2.68 bits per heavy atom. The van der Waals surface area contributed by atoms with E-state index in [1.165, 1.54) is 6.92 Å².